The minimum atomic E-state index is -0.427. The van der Waals surface area contributed by atoms with Crippen LogP contribution in [-0.4, -0.2) is 44.4 Å². The lowest BCUT2D eigenvalue weighted by Crippen LogP contribution is -2.40. The molecule has 3 atom stereocenters. The van der Waals surface area contributed by atoms with Gasteiger partial charge in [-0.15, -0.1) is 0 Å². The Morgan fingerprint density at radius 2 is 1.18 bits per heavy atom. The Morgan fingerprint density at radius 1 is 0.680 bits per heavy atom. The number of rotatable bonds is 15. The maximum absolute atomic E-state index is 14.8. The van der Waals surface area contributed by atoms with E-state index >= 15 is 0 Å². The first kappa shape index (κ1) is 37.6. The van der Waals surface area contributed by atoms with Gasteiger partial charge in [-0.25, -0.2) is 0 Å². The lowest BCUT2D eigenvalue weighted by Gasteiger charge is -2.34. The van der Waals surface area contributed by atoms with Crippen molar-refractivity contribution in [3.8, 4) is 0 Å². The van der Waals surface area contributed by atoms with Crippen LogP contribution in [0.15, 0.2) is 66.7 Å². The Morgan fingerprint density at radius 3 is 1.68 bits per heavy atom. The Labute approximate surface area is 302 Å². The summed E-state index contributed by atoms with van der Waals surface area (Å²) in [4.78, 5) is 32.2. The standard InChI is InChI=1S/C44H62N4O2/c1-31(2)27-40(37-17-9-11-19-42(37)47-23-13-7-14-24-47)45-30-39(35-21-22-36(34(6)49)33(5)29-35)44(50)46-41(28-32(3)4)38-18-10-12-20-43(38)48-25-15-8-16-26-48/h9-12,17-22,29,31-32,39-41,45H,7-8,13-16,23-28,30H2,1-6H3,(H,46,50). The molecule has 1 amide bonds. The first-order chi connectivity index (χ1) is 24.1. The van der Waals surface area contributed by atoms with E-state index in [1.807, 2.05) is 19.1 Å². The predicted molar refractivity (Wildman–Crippen MR) is 209 cm³/mol. The van der Waals surface area contributed by atoms with Gasteiger partial charge in [0.1, 0.15) is 0 Å². The number of amides is 1. The number of nitrogens with one attached hydrogen (secondary N) is 2. The van der Waals surface area contributed by atoms with Crippen LogP contribution in [0.4, 0.5) is 11.4 Å². The van der Waals surface area contributed by atoms with Crippen molar-refractivity contribution in [2.24, 2.45) is 11.8 Å². The fourth-order valence-electron chi connectivity index (χ4n) is 8.13. The smallest absolute Gasteiger partial charge is 0.229 e. The van der Waals surface area contributed by atoms with Gasteiger partial charge in [0.25, 0.3) is 0 Å². The zero-order valence-electron chi connectivity index (χ0n) is 31.6. The van der Waals surface area contributed by atoms with Gasteiger partial charge in [0, 0.05) is 55.7 Å². The van der Waals surface area contributed by atoms with Crippen molar-refractivity contribution in [1.29, 1.82) is 0 Å². The van der Waals surface area contributed by atoms with Crippen molar-refractivity contribution in [3.05, 3.63) is 94.5 Å². The SMILES string of the molecule is CC(=O)c1ccc(C(CNC(CC(C)C)c2ccccc2N2CCCCC2)C(=O)NC(CC(C)C)c2ccccc2N2CCCCC2)cc1C. The molecule has 3 aromatic rings. The van der Waals surface area contributed by atoms with Gasteiger partial charge in [-0.3, -0.25) is 9.59 Å². The van der Waals surface area contributed by atoms with Crippen LogP contribution in [0.25, 0.3) is 0 Å². The number of hydrogen-bond acceptors (Lipinski definition) is 5. The molecule has 0 spiro atoms. The minimum Gasteiger partial charge on any atom is -0.371 e. The number of Topliss-reactive ketones (excluding diaryl/α,β-unsaturated/α-hetero) is 1. The van der Waals surface area contributed by atoms with E-state index in [2.05, 4.69) is 103 Å². The lowest BCUT2D eigenvalue weighted by atomic mass is 9.90. The van der Waals surface area contributed by atoms with Crippen molar-refractivity contribution in [2.45, 2.75) is 111 Å². The molecular weight excluding hydrogens is 617 g/mol. The predicted octanol–water partition coefficient (Wildman–Crippen LogP) is 9.54. The van der Waals surface area contributed by atoms with Crippen LogP contribution in [0, 0.1) is 18.8 Å². The minimum absolute atomic E-state index is 0.0270. The second-order valence-electron chi connectivity index (χ2n) is 15.7. The summed E-state index contributed by atoms with van der Waals surface area (Å²) in [5.74, 6) is 0.534. The molecule has 5 rings (SSSR count). The maximum Gasteiger partial charge on any atom is 0.229 e. The molecule has 0 bridgehead atoms. The summed E-state index contributed by atoms with van der Waals surface area (Å²) < 4.78 is 0. The number of benzene rings is 3. The Kier molecular flexibility index (Phi) is 13.6. The average Bonchev–Trinajstić information content (AvgIpc) is 3.11. The number of piperidine rings is 2. The molecule has 0 radical (unpaired) electrons. The molecular formula is C44H62N4O2. The second kappa shape index (κ2) is 18.0. The van der Waals surface area contributed by atoms with E-state index in [1.54, 1.807) is 6.92 Å². The number of ketones is 1. The number of nitrogens with zero attached hydrogens (tertiary/aromatic N) is 2. The van der Waals surface area contributed by atoms with Gasteiger partial charge in [0.05, 0.1) is 12.0 Å². The highest BCUT2D eigenvalue weighted by Crippen LogP contribution is 2.35. The molecule has 6 nitrogen and oxygen atoms in total. The van der Waals surface area contributed by atoms with Crippen LogP contribution in [0.5, 0.6) is 0 Å². The molecule has 2 aliphatic rings. The molecule has 2 heterocycles. The number of anilines is 2. The van der Waals surface area contributed by atoms with Gasteiger partial charge >= 0.3 is 0 Å². The summed E-state index contributed by atoms with van der Waals surface area (Å²) in [6.45, 7) is 17.4. The molecule has 3 aromatic carbocycles. The summed E-state index contributed by atoms with van der Waals surface area (Å²) in [5, 5.41) is 7.52. The van der Waals surface area contributed by atoms with Crippen LogP contribution in [-0.2, 0) is 4.79 Å². The highest BCUT2D eigenvalue weighted by molar-refractivity contribution is 5.95. The monoisotopic (exact) mass is 678 g/mol. The topological polar surface area (TPSA) is 64.7 Å². The summed E-state index contributed by atoms with van der Waals surface area (Å²) >= 11 is 0. The van der Waals surface area contributed by atoms with Crippen LogP contribution < -0.4 is 20.4 Å². The van der Waals surface area contributed by atoms with E-state index in [-0.39, 0.29) is 23.8 Å². The van der Waals surface area contributed by atoms with E-state index in [4.69, 9.17) is 0 Å². The van der Waals surface area contributed by atoms with E-state index in [1.165, 1.54) is 61.0 Å². The number of hydrogen-bond donors (Lipinski definition) is 2. The molecule has 3 unspecified atom stereocenters. The zero-order chi connectivity index (χ0) is 35.6. The van der Waals surface area contributed by atoms with E-state index < -0.39 is 5.92 Å². The van der Waals surface area contributed by atoms with E-state index in [0.717, 1.165) is 50.1 Å². The first-order valence-electron chi connectivity index (χ1n) is 19.4. The molecule has 0 aliphatic carbocycles. The van der Waals surface area contributed by atoms with Gasteiger partial charge < -0.3 is 20.4 Å². The molecule has 50 heavy (non-hydrogen) atoms. The van der Waals surface area contributed by atoms with Gasteiger partial charge in [-0.05, 0) is 111 Å². The van der Waals surface area contributed by atoms with E-state index in [9.17, 15) is 9.59 Å². The van der Waals surface area contributed by atoms with Crippen molar-refractivity contribution in [3.63, 3.8) is 0 Å². The number of carbonyl (C=O) groups excluding carboxylic acids is 2. The first-order valence-corrected chi connectivity index (χ1v) is 19.4. The summed E-state index contributed by atoms with van der Waals surface area (Å²) in [7, 11) is 0. The summed E-state index contributed by atoms with van der Waals surface area (Å²) in [5.41, 5.74) is 7.66. The van der Waals surface area contributed by atoms with E-state index in [0.29, 0.717) is 23.9 Å². The highest BCUT2D eigenvalue weighted by Gasteiger charge is 2.29. The highest BCUT2D eigenvalue weighted by atomic mass is 16.2. The molecule has 2 aliphatic heterocycles. The fourth-order valence-corrected chi connectivity index (χ4v) is 8.13. The van der Waals surface area contributed by atoms with Crippen LogP contribution >= 0.6 is 0 Å². The molecule has 2 fully saturated rings. The van der Waals surface area contributed by atoms with Crippen LogP contribution in [0.2, 0.25) is 0 Å². The van der Waals surface area contributed by atoms with Gasteiger partial charge in [0.2, 0.25) is 5.91 Å². The Bertz CT molecular complexity index is 1550. The quantitative estimate of drug-likeness (QED) is 0.157. The number of aryl methyl sites for hydroxylation is 1. The molecule has 270 valence electrons. The van der Waals surface area contributed by atoms with Crippen molar-refractivity contribution in [1.82, 2.24) is 10.6 Å². The average molecular weight is 679 g/mol. The molecule has 0 aromatic heterocycles. The third kappa shape index (κ3) is 9.78. The van der Waals surface area contributed by atoms with Crippen molar-refractivity contribution in [2.75, 3.05) is 42.5 Å². The third-order valence-electron chi connectivity index (χ3n) is 10.7. The summed E-state index contributed by atoms with van der Waals surface area (Å²) in [6.07, 6.45) is 9.28. The number of carbonyl (C=O) groups is 2. The zero-order valence-corrected chi connectivity index (χ0v) is 31.6. The third-order valence-corrected chi connectivity index (χ3v) is 10.7. The largest absolute Gasteiger partial charge is 0.371 e. The van der Waals surface area contributed by atoms with Gasteiger partial charge in [-0.2, -0.15) is 0 Å². The van der Waals surface area contributed by atoms with Gasteiger partial charge in [-0.1, -0.05) is 82.3 Å². The molecule has 6 heteroatoms. The van der Waals surface area contributed by atoms with Crippen molar-refractivity contribution < 1.29 is 9.59 Å². The van der Waals surface area contributed by atoms with Crippen molar-refractivity contribution >= 4 is 23.1 Å². The summed E-state index contributed by atoms with van der Waals surface area (Å²) in [6, 6.07) is 23.5. The molecule has 2 N–H and O–H groups in total. The second-order valence-corrected chi connectivity index (χ2v) is 15.7. The normalized spacial score (nSPS) is 17.1. The number of para-hydroxylation sites is 2. The van der Waals surface area contributed by atoms with Gasteiger partial charge in [0.15, 0.2) is 5.78 Å². The maximum atomic E-state index is 14.8. The lowest BCUT2D eigenvalue weighted by molar-refractivity contribution is -0.123. The molecule has 2 saturated heterocycles. The fraction of sp³-hybridized carbons (Fsp3) is 0.545. The van der Waals surface area contributed by atoms with Crippen LogP contribution in [0.3, 0.4) is 0 Å². The van der Waals surface area contributed by atoms with Crippen LogP contribution in [0.1, 0.15) is 137 Å². The Balaban J connectivity index is 1.48. The Hall–Kier alpha value is -3.64. The molecule has 0 saturated carbocycles.